The average molecular weight is 333 g/mol. The van der Waals surface area contributed by atoms with Gasteiger partial charge in [-0.25, -0.2) is 4.98 Å². The molecule has 0 aliphatic rings. The van der Waals surface area contributed by atoms with E-state index in [4.69, 9.17) is 0 Å². The van der Waals surface area contributed by atoms with E-state index in [0.717, 1.165) is 0 Å². The summed E-state index contributed by atoms with van der Waals surface area (Å²) in [7, 11) is 1.48. The van der Waals surface area contributed by atoms with Crippen molar-refractivity contribution in [1.29, 1.82) is 0 Å². The molecule has 2 heterocycles. The minimum atomic E-state index is -0.767. The van der Waals surface area contributed by atoms with E-state index in [1.165, 1.54) is 37.1 Å². The van der Waals surface area contributed by atoms with Gasteiger partial charge in [0.2, 0.25) is 17.2 Å². The Hall–Kier alpha value is -3.10. The van der Waals surface area contributed by atoms with Gasteiger partial charge in [-0.05, 0) is 6.92 Å². The Morgan fingerprint density at radius 2 is 2.21 bits per heavy atom. The molecule has 1 atom stereocenters. The largest absolute Gasteiger partial charge is 0.503 e. The Morgan fingerprint density at radius 3 is 2.83 bits per heavy atom. The van der Waals surface area contributed by atoms with Gasteiger partial charge in [0.1, 0.15) is 12.6 Å². The molecule has 2 aromatic rings. The topological polar surface area (TPSA) is 129 Å². The monoisotopic (exact) mass is 333 g/mol. The molecule has 0 radical (unpaired) electrons. The third-order valence-corrected chi connectivity index (χ3v) is 3.60. The van der Waals surface area contributed by atoms with E-state index in [1.54, 1.807) is 6.20 Å². The van der Waals surface area contributed by atoms with Crippen LogP contribution >= 0.6 is 0 Å². The minimum Gasteiger partial charge on any atom is -0.503 e. The molecular weight excluding hydrogens is 314 g/mol. The third kappa shape index (κ3) is 4.00. The predicted molar refractivity (Wildman–Crippen MR) is 85.4 cm³/mol. The Kier molecular flexibility index (Phi) is 5.35. The number of nitrogens with one attached hydrogen (secondary N) is 3. The van der Waals surface area contributed by atoms with Crippen molar-refractivity contribution in [3.05, 3.63) is 46.4 Å². The molecule has 0 saturated heterocycles. The molecule has 128 valence electrons. The van der Waals surface area contributed by atoms with Crippen LogP contribution in [0.25, 0.3) is 0 Å². The van der Waals surface area contributed by atoms with E-state index in [2.05, 4.69) is 20.6 Å². The van der Waals surface area contributed by atoms with Crippen LogP contribution < -0.4 is 16.1 Å². The zero-order valence-corrected chi connectivity index (χ0v) is 13.4. The lowest BCUT2D eigenvalue weighted by molar-refractivity contribution is -0.129. The second-order valence-corrected chi connectivity index (χ2v) is 5.26. The van der Waals surface area contributed by atoms with Gasteiger partial charge in [0, 0.05) is 37.6 Å². The summed E-state index contributed by atoms with van der Waals surface area (Å²) in [5.41, 5.74) is 0.482. The van der Waals surface area contributed by atoms with Crippen LogP contribution in [0.2, 0.25) is 0 Å². The van der Waals surface area contributed by atoms with Gasteiger partial charge in [-0.3, -0.25) is 14.4 Å². The highest BCUT2D eigenvalue weighted by molar-refractivity contribution is 5.87. The first kappa shape index (κ1) is 17.3. The van der Waals surface area contributed by atoms with E-state index in [0.29, 0.717) is 5.69 Å². The molecule has 2 amide bonds. The Morgan fingerprint density at radius 1 is 1.46 bits per heavy atom. The van der Waals surface area contributed by atoms with Gasteiger partial charge in [-0.1, -0.05) is 0 Å². The smallest absolute Gasteiger partial charge is 0.242 e. The Labute approximate surface area is 137 Å². The van der Waals surface area contributed by atoms with Gasteiger partial charge in [0.15, 0.2) is 5.75 Å². The summed E-state index contributed by atoms with van der Waals surface area (Å²) in [6, 6.07) is 0.410. The lowest BCUT2D eigenvalue weighted by Crippen LogP contribution is -2.48. The number of carbonyl (C=O) groups excluding carboxylic acids is 2. The zero-order chi connectivity index (χ0) is 17.7. The quantitative estimate of drug-likeness (QED) is 0.542. The molecule has 2 aromatic heterocycles. The van der Waals surface area contributed by atoms with E-state index in [9.17, 15) is 19.5 Å². The molecular formula is C15H19N5O4. The van der Waals surface area contributed by atoms with Crippen LogP contribution in [-0.2, 0) is 22.6 Å². The maximum absolute atomic E-state index is 12.2. The zero-order valence-electron chi connectivity index (χ0n) is 13.4. The van der Waals surface area contributed by atoms with Crippen molar-refractivity contribution in [2.24, 2.45) is 0 Å². The number of hydrogen-bond acceptors (Lipinski definition) is 5. The molecule has 0 bridgehead atoms. The standard InChI is InChI=1S/C15H19N5O4/c1-9-14(23)12(21)3-4-20(9)7-13(22)19-11(15(24)16-2)5-10-6-17-8-18-10/h3-4,6,8,11,23H,5,7H2,1-2H3,(H,16,24)(H,17,18)(H,19,22)/t11-/m0/s1. The predicted octanol–water partition coefficient (Wildman–Crippen LogP) is -0.941. The summed E-state index contributed by atoms with van der Waals surface area (Å²) in [6.07, 6.45) is 4.75. The number of H-pyrrole nitrogens is 1. The molecule has 9 nitrogen and oxygen atoms in total. The number of pyridine rings is 1. The number of carbonyl (C=O) groups is 2. The van der Waals surface area contributed by atoms with Crippen LogP contribution in [0.15, 0.2) is 29.6 Å². The number of imidazole rings is 1. The number of rotatable bonds is 6. The minimum absolute atomic E-state index is 0.129. The van der Waals surface area contributed by atoms with E-state index < -0.39 is 23.1 Å². The van der Waals surface area contributed by atoms with Crippen LogP contribution in [0.4, 0.5) is 0 Å². The second-order valence-electron chi connectivity index (χ2n) is 5.26. The highest BCUT2D eigenvalue weighted by Gasteiger charge is 2.21. The molecule has 0 saturated carbocycles. The van der Waals surface area contributed by atoms with Gasteiger partial charge in [0.25, 0.3) is 0 Å². The molecule has 4 N–H and O–H groups in total. The molecule has 24 heavy (non-hydrogen) atoms. The van der Waals surface area contributed by atoms with Crippen molar-refractivity contribution in [1.82, 2.24) is 25.2 Å². The maximum Gasteiger partial charge on any atom is 0.242 e. The maximum atomic E-state index is 12.2. The SMILES string of the molecule is CNC(=O)[C@H](Cc1cnc[nH]1)NC(=O)Cn1ccc(=O)c(O)c1C. The van der Waals surface area contributed by atoms with Crippen molar-refractivity contribution in [3.8, 4) is 5.75 Å². The van der Waals surface area contributed by atoms with Crippen molar-refractivity contribution in [3.63, 3.8) is 0 Å². The summed E-state index contributed by atoms with van der Waals surface area (Å²) in [4.78, 5) is 42.3. The number of aromatic nitrogens is 3. The number of amides is 2. The highest BCUT2D eigenvalue weighted by Crippen LogP contribution is 2.09. The van der Waals surface area contributed by atoms with Crippen LogP contribution in [0.5, 0.6) is 5.75 Å². The van der Waals surface area contributed by atoms with Crippen LogP contribution in [0, 0.1) is 6.92 Å². The molecule has 0 aliphatic heterocycles. The molecule has 0 aromatic carbocycles. The fourth-order valence-corrected chi connectivity index (χ4v) is 2.23. The van der Waals surface area contributed by atoms with Crippen LogP contribution in [0.1, 0.15) is 11.4 Å². The fraction of sp³-hybridized carbons (Fsp3) is 0.333. The number of hydrogen-bond donors (Lipinski definition) is 4. The number of aromatic hydroxyl groups is 1. The van der Waals surface area contributed by atoms with Gasteiger partial charge >= 0.3 is 0 Å². The average Bonchev–Trinajstić information content (AvgIpc) is 3.07. The molecule has 0 fully saturated rings. The lowest BCUT2D eigenvalue weighted by atomic mass is 10.1. The van der Waals surface area contributed by atoms with Crippen LogP contribution in [0.3, 0.4) is 0 Å². The summed E-state index contributed by atoms with van der Waals surface area (Å²) in [6.45, 7) is 1.40. The summed E-state index contributed by atoms with van der Waals surface area (Å²) >= 11 is 0. The first-order valence-electron chi connectivity index (χ1n) is 7.29. The van der Waals surface area contributed by atoms with Gasteiger partial charge < -0.3 is 25.3 Å². The normalized spacial score (nSPS) is 11.8. The van der Waals surface area contributed by atoms with E-state index in [-0.39, 0.29) is 24.6 Å². The first-order chi connectivity index (χ1) is 11.4. The second kappa shape index (κ2) is 7.44. The molecule has 0 spiro atoms. The van der Waals surface area contributed by atoms with E-state index in [1.807, 2.05) is 0 Å². The van der Waals surface area contributed by atoms with Crippen molar-refractivity contribution < 1.29 is 14.7 Å². The van der Waals surface area contributed by atoms with Crippen LogP contribution in [-0.4, -0.2) is 44.5 Å². The van der Waals surface area contributed by atoms with E-state index >= 15 is 0 Å². The molecule has 0 aliphatic carbocycles. The molecule has 9 heteroatoms. The summed E-state index contributed by atoms with van der Waals surface area (Å²) in [5.74, 6) is -1.16. The Balaban J connectivity index is 2.09. The molecule has 2 rings (SSSR count). The van der Waals surface area contributed by atoms with Gasteiger partial charge in [0.05, 0.1) is 12.0 Å². The van der Waals surface area contributed by atoms with Gasteiger partial charge in [-0.2, -0.15) is 0 Å². The first-order valence-corrected chi connectivity index (χ1v) is 7.29. The summed E-state index contributed by atoms with van der Waals surface area (Å²) < 4.78 is 1.43. The van der Waals surface area contributed by atoms with Crippen molar-refractivity contribution in [2.75, 3.05) is 7.05 Å². The Bertz CT molecular complexity index is 782. The number of nitrogens with zero attached hydrogens (tertiary/aromatic N) is 2. The van der Waals surface area contributed by atoms with Crippen molar-refractivity contribution in [2.45, 2.75) is 25.9 Å². The van der Waals surface area contributed by atoms with Crippen molar-refractivity contribution >= 4 is 11.8 Å². The fourth-order valence-electron chi connectivity index (χ4n) is 2.23. The molecule has 0 unspecified atom stereocenters. The third-order valence-electron chi connectivity index (χ3n) is 3.60. The van der Waals surface area contributed by atoms with Gasteiger partial charge in [-0.15, -0.1) is 0 Å². The number of aromatic amines is 1. The lowest BCUT2D eigenvalue weighted by Gasteiger charge is -2.18. The highest BCUT2D eigenvalue weighted by atomic mass is 16.3. The summed E-state index contributed by atoms with van der Waals surface area (Å²) in [5, 5.41) is 14.8. The number of likely N-dealkylation sites (N-methyl/N-ethyl adjacent to an activating group) is 1.